The number of nitrogens with two attached hydrogens (primary N) is 1. The van der Waals surface area contributed by atoms with Crippen LogP contribution in [-0.4, -0.2) is 36.3 Å². The van der Waals surface area contributed by atoms with Gasteiger partial charge in [-0.3, -0.25) is 0 Å². The number of aryl methyl sites for hydroxylation is 1. The summed E-state index contributed by atoms with van der Waals surface area (Å²) in [5, 5.41) is 0. The van der Waals surface area contributed by atoms with Crippen molar-refractivity contribution in [1.82, 2.24) is 4.98 Å². The molecule has 0 saturated heterocycles. The molecular weight excluding hydrogens is 246 g/mol. The Labute approximate surface area is 114 Å². The maximum Gasteiger partial charge on any atom is 0.138 e. The third-order valence-corrected chi connectivity index (χ3v) is 2.83. The number of aromatic nitrogens is 1. The van der Waals surface area contributed by atoms with E-state index in [1.165, 1.54) is 0 Å². The molecule has 0 saturated carbocycles. The van der Waals surface area contributed by atoms with Gasteiger partial charge in [0.2, 0.25) is 0 Å². The van der Waals surface area contributed by atoms with Gasteiger partial charge in [0.25, 0.3) is 0 Å². The average molecular weight is 267 g/mol. The quantitative estimate of drug-likeness (QED) is 0.798. The van der Waals surface area contributed by atoms with Crippen molar-refractivity contribution in [2.45, 2.75) is 26.9 Å². The fourth-order valence-electron chi connectivity index (χ4n) is 1.67. The number of ether oxygens (including phenoxy) is 1. The molecule has 0 aliphatic rings. The minimum absolute atomic E-state index is 0.235. The van der Waals surface area contributed by atoms with Crippen LogP contribution < -0.4 is 10.6 Å². The molecule has 0 fully saturated rings. The third kappa shape index (κ3) is 3.92. The molecule has 18 heavy (non-hydrogen) atoms. The molecule has 1 heterocycles. The van der Waals surface area contributed by atoms with Gasteiger partial charge in [-0.25, -0.2) is 4.98 Å². The maximum absolute atomic E-state index is 5.76. The summed E-state index contributed by atoms with van der Waals surface area (Å²) >= 11 is 5.09. The highest BCUT2D eigenvalue weighted by Crippen LogP contribution is 2.19. The predicted molar refractivity (Wildman–Crippen MR) is 79.2 cm³/mol. The zero-order valence-electron chi connectivity index (χ0n) is 11.4. The molecule has 0 aliphatic carbocycles. The number of thiocarbonyl (C=S) groups is 1. The van der Waals surface area contributed by atoms with Crippen LogP contribution in [-0.2, 0) is 4.74 Å². The van der Waals surface area contributed by atoms with Crippen LogP contribution in [0.3, 0.4) is 0 Å². The topological polar surface area (TPSA) is 51.4 Å². The lowest BCUT2D eigenvalue weighted by molar-refractivity contribution is 0.0845. The van der Waals surface area contributed by atoms with Crippen LogP contribution in [0.25, 0.3) is 0 Å². The fraction of sp³-hybridized carbons (Fsp3) is 0.538. The summed E-state index contributed by atoms with van der Waals surface area (Å²) in [5.74, 6) is 0.815. The van der Waals surface area contributed by atoms with Crippen LogP contribution in [0.5, 0.6) is 0 Å². The second kappa shape index (κ2) is 6.66. The van der Waals surface area contributed by atoms with E-state index in [1.54, 1.807) is 6.20 Å². The van der Waals surface area contributed by atoms with Gasteiger partial charge < -0.3 is 15.4 Å². The Morgan fingerprint density at radius 1 is 1.56 bits per heavy atom. The molecule has 5 heteroatoms. The summed E-state index contributed by atoms with van der Waals surface area (Å²) < 4.78 is 5.53. The number of pyridine rings is 1. The molecule has 4 nitrogen and oxygen atoms in total. The number of hydrogen-bond acceptors (Lipinski definition) is 4. The summed E-state index contributed by atoms with van der Waals surface area (Å²) in [7, 11) is 1.97. The first-order chi connectivity index (χ1) is 8.43. The van der Waals surface area contributed by atoms with Crippen LogP contribution in [0, 0.1) is 6.92 Å². The normalized spacial score (nSPS) is 10.7. The number of nitrogens with zero attached hydrogens (tertiary/aromatic N) is 2. The van der Waals surface area contributed by atoms with E-state index >= 15 is 0 Å². The number of hydrogen-bond donors (Lipinski definition) is 1. The smallest absolute Gasteiger partial charge is 0.138 e. The first-order valence-corrected chi connectivity index (χ1v) is 6.42. The van der Waals surface area contributed by atoms with Gasteiger partial charge in [-0.15, -0.1) is 0 Å². The van der Waals surface area contributed by atoms with E-state index in [0.29, 0.717) is 11.6 Å². The van der Waals surface area contributed by atoms with Gasteiger partial charge in [-0.05, 0) is 32.4 Å². The predicted octanol–water partition coefficient (Wildman–Crippen LogP) is 1.89. The monoisotopic (exact) mass is 267 g/mol. The molecule has 0 bridgehead atoms. The second-order valence-corrected chi connectivity index (χ2v) is 4.97. The highest BCUT2D eigenvalue weighted by atomic mass is 32.1. The Bertz CT molecular complexity index is 421. The summed E-state index contributed by atoms with van der Waals surface area (Å²) in [6, 6.07) is 1.91. The first kappa shape index (κ1) is 14.9. The SMILES string of the molecule is Cc1ccnc(N(C)CCOC(C)C)c1C(N)=S. The van der Waals surface area contributed by atoms with E-state index in [0.717, 1.165) is 23.5 Å². The van der Waals surface area contributed by atoms with Crippen molar-refractivity contribution in [2.24, 2.45) is 5.73 Å². The lowest BCUT2D eigenvalue weighted by atomic mass is 10.1. The van der Waals surface area contributed by atoms with Crippen molar-refractivity contribution in [3.8, 4) is 0 Å². The number of likely N-dealkylation sites (N-methyl/N-ethyl adjacent to an activating group) is 1. The minimum atomic E-state index is 0.235. The van der Waals surface area contributed by atoms with Crippen molar-refractivity contribution in [1.29, 1.82) is 0 Å². The van der Waals surface area contributed by atoms with Crippen LogP contribution in [0.2, 0.25) is 0 Å². The van der Waals surface area contributed by atoms with Crippen LogP contribution >= 0.6 is 12.2 Å². The highest BCUT2D eigenvalue weighted by Gasteiger charge is 2.13. The van der Waals surface area contributed by atoms with E-state index in [9.17, 15) is 0 Å². The van der Waals surface area contributed by atoms with Gasteiger partial charge in [0.15, 0.2) is 0 Å². The van der Waals surface area contributed by atoms with Gasteiger partial charge in [0.05, 0.1) is 18.3 Å². The summed E-state index contributed by atoms with van der Waals surface area (Å²) in [6.07, 6.45) is 2.01. The highest BCUT2D eigenvalue weighted by molar-refractivity contribution is 7.80. The zero-order chi connectivity index (χ0) is 13.7. The second-order valence-electron chi connectivity index (χ2n) is 4.53. The average Bonchev–Trinajstić information content (AvgIpc) is 2.27. The maximum atomic E-state index is 5.76. The van der Waals surface area contributed by atoms with E-state index < -0.39 is 0 Å². The van der Waals surface area contributed by atoms with E-state index in [2.05, 4.69) is 4.98 Å². The molecule has 0 spiro atoms. The standard InChI is InChI=1S/C13H21N3OS/c1-9(2)17-8-7-16(4)13-11(12(14)18)10(3)5-6-15-13/h5-6,9H,7-8H2,1-4H3,(H2,14,18). The molecule has 0 radical (unpaired) electrons. The lowest BCUT2D eigenvalue weighted by Gasteiger charge is -2.22. The van der Waals surface area contributed by atoms with Crippen molar-refractivity contribution < 1.29 is 4.74 Å². The molecule has 1 aromatic rings. The fourth-order valence-corrected chi connectivity index (χ4v) is 1.92. The Morgan fingerprint density at radius 3 is 2.78 bits per heavy atom. The molecule has 0 aliphatic heterocycles. The van der Waals surface area contributed by atoms with Gasteiger partial charge >= 0.3 is 0 Å². The van der Waals surface area contributed by atoms with Crippen molar-refractivity contribution in [2.75, 3.05) is 25.1 Å². The van der Waals surface area contributed by atoms with E-state index in [-0.39, 0.29) is 6.10 Å². The van der Waals surface area contributed by atoms with Crippen LogP contribution in [0.1, 0.15) is 25.0 Å². The number of anilines is 1. The molecule has 0 unspecified atom stereocenters. The molecule has 2 N–H and O–H groups in total. The van der Waals surface area contributed by atoms with Crippen LogP contribution in [0.15, 0.2) is 12.3 Å². The lowest BCUT2D eigenvalue weighted by Crippen LogP contribution is -2.28. The first-order valence-electron chi connectivity index (χ1n) is 6.01. The Kier molecular flexibility index (Phi) is 5.50. The summed E-state index contributed by atoms with van der Waals surface area (Å²) in [5.41, 5.74) is 7.66. The summed E-state index contributed by atoms with van der Waals surface area (Å²) in [6.45, 7) is 7.43. The van der Waals surface area contributed by atoms with Crippen molar-refractivity contribution in [3.63, 3.8) is 0 Å². The van der Waals surface area contributed by atoms with E-state index in [4.69, 9.17) is 22.7 Å². The molecule has 100 valence electrons. The zero-order valence-corrected chi connectivity index (χ0v) is 12.3. The molecule has 1 rings (SSSR count). The third-order valence-electron chi connectivity index (χ3n) is 2.63. The molecule has 0 aromatic carbocycles. The Balaban J connectivity index is 2.82. The van der Waals surface area contributed by atoms with Crippen molar-refractivity contribution >= 4 is 23.0 Å². The van der Waals surface area contributed by atoms with Gasteiger partial charge in [0.1, 0.15) is 10.8 Å². The Hall–Kier alpha value is -1.20. The molecule has 1 aromatic heterocycles. The number of rotatable bonds is 6. The van der Waals surface area contributed by atoms with Gasteiger partial charge in [0, 0.05) is 19.8 Å². The molecule has 0 atom stereocenters. The Morgan fingerprint density at radius 2 is 2.22 bits per heavy atom. The molecule has 0 amide bonds. The van der Waals surface area contributed by atoms with Crippen LogP contribution in [0.4, 0.5) is 5.82 Å². The largest absolute Gasteiger partial charge is 0.389 e. The minimum Gasteiger partial charge on any atom is -0.389 e. The van der Waals surface area contributed by atoms with Gasteiger partial charge in [-0.1, -0.05) is 12.2 Å². The van der Waals surface area contributed by atoms with E-state index in [1.807, 2.05) is 38.8 Å². The van der Waals surface area contributed by atoms with Crippen molar-refractivity contribution in [3.05, 3.63) is 23.4 Å². The molecular formula is C13H21N3OS. The summed E-state index contributed by atoms with van der Waals surface area (Å²) in [4.78, 5) is 6.76. The van der Waals surface area contributed by atoms with Gasteiger partial charge in [-0.2, -0.15) is 0 Å².